The number of hydrogen-bond acceptors (Lipinski definition) is 8. The first-order chi connectivity index (χ1) is 18.7. The molecule has 3 heterocycles. The van der Waals surface area contributed by atoms with Crippen molar-refractivity contribution in [1.82, 2.24) is 15.3 Å². The molecule has 0 amide bonds. The molecule has 0 saturated carbocycles. The molecular weight excluding hydrogens is 520 g/mol. The van der Waals surface area contributed by atoms with Crippen LogP contribution in [0.1, 0.15) is 41.1 Å². The van der Waals surface area contributed by atoms with Gasteiger partial charge in [-0.1, -0.05) is 18.2 Å². The number of alkyl halides is 3. The number of carbonyl (C=O) groups is 1. The first kappa shape index (κ1) is 27.2. The molecule has 5 rings (SSSR count). The van der Waals surface area contributed by atoms with Gasteiger partial charge in [0.15, 0.2) is 17.3 Å². The van der Waals surface area contributed by atoms with E-state index < -0.39 is 30.0 Å². The number of nitrogens with one attached hydrogen (secondary N) is 2. The Morgan fingerprint density at radius 3 is 2.69 bits per heavy atom. The van der Waals surface area contributed by atoms with Gasteiger partial charge in [0.25, 0.3) is 0 Å². The molecule has 2 aromatic carbocycles. The predicted octanol–water partition coefficient (Wildman–Crippen LogP) is 4.60. The Bertz CT molecular complexity index is 1310. The number of Topliss-reactive ketones (excluding diaryl/α,β-unsaturated/α-hetero) is 1. The lowest BCUT2D eigenvalue weighted by Crippen LogP contribution is -2.42. The third-order valence-electron chi connectivity index (χ3n) is 6.88. The quantitative estimate of drug-likeness (QED) is 0.312. The van der Waals surface area contributed by atoms with Gasteiger partial charge in [0, 0.05) is 61.8 Å². The summed E-state index contributed by atoms with van der Waals surface area (Å²) in [5.41, 5.74) is 1.34. The van der Waals surface area contributed by atoms with E-state index in [-0.39, 0.29) is 18.2 Å². The van der Waals surface area contributed by atoms with Gasteiger partial charge in [-0.2, -0.15) is 0 Å². The van der Waals surface area contributed by atoms with Crippen molar-refractivity contribution in [1.29, 1.82) is 0 Å². The molecule has 0 spiro atoms. The van der Waals surface area contributed by atoms with Gasteiger partial charge in [-0.3, -0.25) is 4.79 Å². The van der Waals surface area contributed by atoms with Gasteiger partial charge < -0.3 is 24.8 Å². The molecule has 39 heavy (non-hydrogen) atoms. The maximum absolute atomic E-state index is 14.6. The van der Waals surface area contributed by atoms with Gasteiger partial charge in [-0.25, -0.2) is 14.4 Å². The number of fused-ring (bicyclic) bond motifs is 1. The zero-order valence-electron chi connectivity index (χ0n) is 21.0. The maximum Gasteiger partial charge on any atom is 0.573 e. The smallest absolute Gasteiger partial charge is 0.403 e. The SMILES string of the molecule is O=C(C[C@@H](c1ccc(OC(F)(F)F)c(F)c1)C1CNCCO1)c1ccc2cnc(NC3CCOCC3)nc2c1. The average Bonchev–Trinajstić information content (AvgIpc) is 2.93. The molecule has 208 valence electrons. The van der Waals surface area contributed by atoms with Crippen LogP contribution in [0.2, 0.25) is 0 Å². The predicted molar refractivity (Wildman–Crippen MR) is 134 cm³/mol. The summed E-state index contributed by atoms with van der Waals surface area (Å²) in [6.45, 7) is 2.77. The minimum Gasteiger partial charge on any atom is -0.403 e. The Kier molecular flexibility index (Phi) is 8.24. The van der Waals surface area contributed by atoms with Crippen LogP contribution in [0.25, 0.3) is 10.9 Å². The maximum atomic E-state index is 14.6. The molecule has 2 N–H and O–H groups in total. The topological polar surface area (TPSA) is 94.6 Å². The number of halogens is 4. The van der Waals surface area contributed by atoms with Gasteiger partial charge in [0.1, 0.15) is 0 Å². The van der Waals surface area contributed by atoms with Crippen molar-refractivity contribution in [2.45, 2.75) is 43.7 Å². The number of carbonyl (C=O) groups excluding carboxylic acids is 1. The van der Waals surface area contributed by atoms with Crippen LogP contribution in [-0.4, -0.2) is 67.2 Å². The number of hydrogen-bond donors (Lipinski definition) is 2. The number of aromatic nitrogens is 2. The second-order valence-electron chi connectivity index (χ2n) is 9.58. The van der Waals surface area contributed by atoms with Crippen LogP contribution >= 0.6 is 0 Å². The highest BCUT2D eigenvalue weighted by molar-refractivity contribution is 5.99. The fourth-order valence-electron chi connectivity index (χ4n) is 4.87. The molecule has 2 aliphatic rings. The van der Waals surface area contributed by atoms with Crippen LogP contribution in [0.4, 0.5) is 23.5 Å². The lowest BCUT2D eigenvalue weighted by molar-refractivity contribution is -0.275. The van der Waals surface area contributed by atoms with Crippen molar-refractivity contribution < 1.29 is 36.6 Å². The Balaban J connectivity index is 1.37. The Labute approximate surface area is 222 Å². The van der Waals surface area contributed by atoms with Gasteiger partial charge in [-0.05, 0) is 36.6 Å². The number of nitrogens with zero attached hydrogens (tertiary/aromatic N) is 2. The Morgan fingerprint density at radius 1 is 1.15 bits per heavy atom. The van der Waals surface area contributed by atoms with E-state index in [0.29, 0.717) is 55.5 Å². The van der Waals surface area contributed by atoms with Crippen LogP contribution in [0, 0.1) is 5.82 Å². The van der Waals surface area contributed by atoms with E-state index in [1.54, 1.807) is 24.4 Å². The number of morpholine rings is 1. The van der Waals surface area contributed by atoms with E-state index in [1.165, 1.54) is 6.07 Å². The van der Waals surface area contributed by atoms with E-state index in [2.05, 4.69) is 25.3 Å². The summed E-state index contributed by atoms with van der Waals surface area (Å²) >= 11 is 0. The van der Waals surface area contributed by atoms with Gasteiger partial charge in [-0.15, -0.1) is 13.2 Å². The minimum atomic E-state index is -5.02. The third kappa shape index (κ3) is 7.00. The highest BCUT2D eigenvalue weighted by atomic mass is 19.4. The number of ether oxygens (including phenoxy) is 3. The largest absolute Gasteiger partial charge is 0.573 e. The van der Waals surface area contributed by atoms with Crippen molar-refractivity contribution in [3.63, 3.8) is 0 Å². The molecule has 0 radical (unpaired) electrons. The summed E-state index contributed by atoms with van der Waals surface area (Å²) in [5.74, 6) is -2.47. The van der Waals surface area contributed by atoms with E-state index in [1.807, 2.05) is 0 Å². The molecule has 2 saturated heterocycles. The van der Waals surface area contributed by atoms with E-state index in [4.69, 9.17) is 9.47 Å². The van der Waals surface area contributed by atoms with Crippen LogP contribution in [0.15, 0.2) is 42.6 Å². The number of anilines is 1. The van der Waals surface area contributed by atoms with Crippen LogP contribution in [-0.2, 0) is 9.47 Å². The molecule has 8 nitrogen and oxygen atoms in total. The molecule has 3 aromatic rings. The van der Waals surface area contributed by atoms with E-state index in [9.17, 15) is 22.4 Å². The summed E-state index contributed by atoms with van der Waals surface area (Å²) in [7, 11) is 0. The molecule has 1 aromatic heterocycles. The molecule has 2 aliphatic heterocycles. The first-order valence-corrected chi connectivity index (χ1v) is 12.8. The summed E-state index contributed by atoms with van der Waals surface area (Å²) in [4.78, 5) is 22.4. The fraction of sp³-hybridized carbons (Fsp3) is 0.444. The summed E-state index contributed by atoms with van der Waals surface area (Å²) < 4.78 is 67.4. The van der Waals surface area contributed by atoms with Crippen molar-refractivity contribution in [2.75, 3.05) is 38.2 Å². The summed E-state index contributed by atoms with van der Waals surface area (Å²) in [6.07, 6.45) is -2.15. The fourth-order valence-corrected chi connectivity index (χ4v) is 4.87. The lowest BCUT2D eigenvalue weighted by atomic mass is 9.86. The average molecular weight is 549 g/mol. The molecule has 0 aliphatic carbocycles. The number of benzene rings is 2. The second kappa shape index (κ2) is 11.8. The second-order valence-corrected chi connectivity index (χ2v) is 9.58. The zero-order valence-corrected chi connectivity index (χ0v) is 21.0. The molecule has 2 fully saturated rings. The molecule has 2 atom stereocenters. The molecule has 1 unspecified atom stereocenters. The highest BCUT2D eigenvalue weighted by Crippen LogP contribution is 2.33. The van der Waals surface area contributed by atoms with E-state index >= 15 is 0 Å². The number of ketones is 1. The van der Waals surface area contributed by atoms with Gasteiger partial charge in [0.2, 0.25) is 5.95 Å². The van der Waals surface area contributed by atoms with Crippen LogP contribution in [0.3, 0.4) is 0 Å². The van der Waals surface area contributed by atoms with E-state index in [0.717, 1.165) is 30.4 Å². The standard InChI is InChI=1S/C27H28F4N4O4/c28-21-11-16(3-4-24(21)39-27(29,30)31)20(25-15-32-7-10-38-25)13-23(36)17-1-2-18-14-33-26(35-22(18)12-17)34-19-5-8-37-9-6-19/h1-4,11-12,14,19-20,25,32H,5-10,13,15H2,(H,33,34,35)/t20-,25?/m0/s1. The van der Waals surface area contributed by atoms with Gasteiger partial charge in [0.05, 0.1) is 18.2 Å². The minimum absolute atomic E-state index is 0.0466. The highest BCUT2D eigenvalue weighted by Gasteiger charge is 2.34. The molecule has 12 heteroatoms. The van der Waals surface area contributed by atoms with Crippen LogP contribution in [0.5, 0.6) is 5.75 Å². The van der Waals surface area contributed by atoms with Crippen molar-refractivity contribution >= 4 is 22.6 Å². The molecule has 0 bridgehead atoms. The third-order valence-corrected chi connectivity index (χ3v) is 6.88. The van der Waals surface area contributed by atoms with Crippen molar-refractivity contribution in [3.05, 3.63) is 59.5 Å². The monoisotopic (exact) mass is 548 g/mol. The Morgan fingerprint density at radius 2 is 1.97 bits per heavy atom. The normalized spacial score (nSPS) is 19.5. The lowest BCUT2D eigenvalue weighted by Gasteiger charge is -2.31. The van der Waals surface area contributed by atoms with Gasteiger partial charge >= 0.3 is 6.36 Å². The first-order valence-electron chi connectivity index (χ1n) is 12.8. The molecular formula is C27H28F4N4O4. The van der Waals surface area contributed by atoms with Crippen molar-refractivity contribution in [2.24, 2.45) is 0 Å². The zero-order chi connectivity index (χ0) is 27.4. The van der Waals surface area contributed by atoms with Crippen molar-refractivity contribution in [3.8, 4) is 5.75 Å². The summed E-state index contributed by atoms with van der Waals surface area (Å²) in [5, 5.41) is 7.27. The number of rotatable bonds is 8. The summed E-state index contributed by atoms with van der Waals surface area (Å²) in [6, 6.07) is 8.56. The van der Waals surface area contributed by atoms with Crippen LogP contribution < -0.4 is 15.4 Å². The Hall–Kier alpha value is -3.35.